The maximum atomic E-state index is 9.27. The molecule has 0 spiro atoms. The van der Waals surface area contributed by atoms with E-state index in [-0.39, 0.29) is 13.2 Å². The summed E-state index contributed by atoms with van der Waals surface area (Å²) in [5.74, 6) is 0.774. The number of aliphatic hydroxyl groups is 2. The molecule has 0 heterocycles. The molecule has 1 aromatic rings. The van der Waals surface area contributed by atoms with Gasteiger partial charge in [-0.05, 0) is 30.2 Å². The number of hydrogen-bond acceptors (Lipinski definition) is 3. The van der Waals surface area contributed by atoms with E-state index >= 15 is 0 Å². The Morgan fingerprint density at radius 1 is 1.31 bits per heavy atom. The summed E-state index contributed by atoms with van der Waals surface area (Å²) < 4.78 is 6.21. The molecule has 4 heteroatoms. The standard InChI is InChI=1S/C12H17BrO3/c1-12(7-14,8-15)6-9-5-10(13)3-4-11(9)16-2/h3-5,14-15H,6-8H2,1-2H3. The van der Waals surface area contributed by atoms with Gasteiger partial charge in [-0.3, -0.25) is 0 Å². The van der Waals surface area contributed by atoms with Gasteiger partial charge in [-0.25, -0.2) is 0 Å². The first kappa shape index (κ1) is 13.5. The molecular formula is C12H17BrO3. The van der Waals surface area contributed by atoms with E-state index < -0.39 is 5.41 Å². The number of halogens is 1. The molecule has 0 aliphatic carbocycles. The molecule has 0 fully saturated rings. The minimum Gasteiger partial charge on any atom is -0.496 e. The van der Waals surface area contributed by atoms with E-state index in [1.165, 1.54) is 0 Å². The van der Waals surface area contributed by atoms with Crippen LogP contribution in [0.1, 0.15) is 12.5 Å². The molecule has 3 nitrogen and oxygen atoms in total. The highest BCUT2D eigenvalue weighted by Gasteiger charge is 2.24. The average molecular weight is 289 g/mol. The van der Waals surface area contributed by atoms with Crippen LogP contribution in [0.5, 0.6) is 5.75 Å². The summed E-state index contributed by atoms with van der Waals surface area (Å²) in [6.07, 6.45) is 0.572. The van der Waals surface area contributed by atoms with Gasteiger partial charge in [-0.15, -0.1) is 0 Å². The Bertz CT molecular complexity index is 348. The molecule has 2 N–H and O–H groups in total. The Morgan fingerprint density at radius 2 is 1.94 bits per heavy atom. The van der Waals surface area contributed by atoms with Crippen LogP contribution in [0.4, 0.5) is 0 Å². The van der Waals surface area contributed by atoms with E-state index in [0.717, 1.165) is 15.8 Å². The minimum absolute atomic E-state index is 0.0564. The molecule has 0 saturated heterocycles. The molecule has 90 valence electrons. The minimum atomic E-state index is -0.520. The number of hydrogen-bond donors (Lipinski definition) is 2. The lowest BCUT2D eigenvalue weighted by Crippen LogP contribution is -2.28. The molecule has 0 aliphatic rings. The number of methoxy groups -OCH3 is 1. The van der Waals surface area contributed by atoms with Crippen LogP contribution in [0.2, 0.25) is 0 Å². The van der Waals surface area contributed by atoms with Gasteiger partial charge in [-0.1, -0.05) is 22.9 Å². The topological polar surface area (TPSA) is 49.7 Å². The molecule has 0 aliphatic heterocycles. The fourth-order valence-corrected chi connectivity index (χ4v) is 1.92. The van der Waals surface area contributed by atoms with Crippen LogP contribution >= 0.6 is 15.9 Å². The van der Waals surface area contributed by atoms with E-state index in [9.17, 15) is 10.2 Å². The molecule has 0 bridgehead atoms. The Hall–Kier alpha value is -0.580. The van der Waals surface area contributed by atoms with Crippen LogP contribution in [0.3, 0.4) is 0 Å². The highest BCUT2D eigenvalue weighted by molar-refractivity contribution is 9.10. The SMILES string of the molecule is COc1ccc(Br)cc1CC(C)(CO)CO. The van der Waals surface area contributed by atoms with Crippen molar-refractivity contribution in [3.05, 3.63) is 28.2 Å². The molecule has 1 rings (SSSR count). The number of rotatable bonds is 5. The molecule has 0 aromatic heterocycles. The highest BCUT2D eigenvalue weighted by Crippen LogP contribution is 2.29. The monoisotopic (exact) mass is 288 g/mol. The van der Waals surface area contributed by atoms with Gasteiger partial charge in [0.15, 0.2) is 0 Å². The van der Waals surface area contributed by atoms with E-state index in [2.05, 4.69) is 15.9 Å². The highest BCUT2D eigenvalue weighted by atomic mass is 79.9. The normalized spacial score (nSPS) is 11.6. The third kappa shape index (κ3) is 3.20. The maximum Gasteiger partial charge on any atom is 0.122 e. The van der Waals surface area contributed by atoms with Gasteiger partial charge in [0.2, 0.25) is 0 Å². The predicted octanol–water partition coefficient (Wildman–Crippen LogP) is 1.99. The zero-order valence-electron chi connectivity index (χ0n) is 9.53. The number of benzene rings is 1. The summed E-state index contributed by atoms with van der Waals surface area (Å²) in [5, 5.41) is 18.5. The van der Waals surface area contributed by atoms with Crippen molar-refractivity contribution in [3.8, 4) is 5.75 Å². The summed E-state index contributed by atoms with van der Waals surface area (Å²) >= 11 is 3.40. The molecule has 0 unspecified atom stereocenters. The predicted molar refractivity (Wildman–Crippen MR) is 66.7 cm³/mol. The fourth-order valence-electron chi connectivity index (χ4n) is 1.51. The summed E-state index contributed by atoms with van der Waals surface area (Å²) in [6, 6.07) is 5.72. The van der Waals surface area contributed by atoms with Gasteiger partial charge in [0, 0.05) is 9.89 Å². The Kier molecular flexibility index (Phi) is 4.77. The van der Waals surface area contributed by atoms with Crippen molar-refractivity contribution in [1.82, 2.24) is 0 Å². The quantitative estimate of drug-likeness (QED) is 0.871. The van der Waals surface area contributed by atoms with E-state index in [1.54, 1.807) is 7.11 Å². The summed E-state index contributed by atoms with van der Waals surface area (Å²) in [6.45, 7) is 1.73. The Labute approximate surface area is 104 Å². The first-order valence-electron chi connectivity index (χ1n) is 5.09. The zero-order valence-corrected chi connectivity index (χ0v) is 11.1. The van der Waals surface area contributed by atoms with Crippen LogP contribution in [0.15, 0.2) is 22.7 Å². The van der Waals surface area contributed by atoms with E-state index in [4.69, 9.17) is 4.74 Å². The van der Waals surface area contributed by atoms with Crippen molar-refractivity contribution in [2.75, 3.05) is 20.3 Å². The van der Waals surface area contributed by atoms with Crippen LogP contribution < -0.4 is 4.74 Å². The van der Waals surface area contributed by atoms with Crippen molar-refractivity contribution in [3.63, 3.8) is 0 Å². The van der Waals surface area contributed by atoms with Crippen LogP contribution in [-0.2, 0) is 6.42 Å². The second kappa shape index (κ2) is 5.66. The van der Waals surface area contributed by atoms with Crippen LogP contribution in [-0.4, -0.2) is 30.5 Å². The van der Waals surface area contributed by atoms with Gasteiger partial charge in [0.1, 0.15) is 5.75 Å². The lowest BCUT2D eigenvalue weighted by molar-refractivity contribution is 0.0699. The van der Waals surface area contributed by atoms with Gasteiger partial charge < -0.3 is 14.9 Å². The average Bonchev–Trinajstić information content (AvgIpc) is 2.29. The zero-order chi connectivity index (χ0) is 12.2. The van der Waals surface area contributed by atoms with Gasteiger partial charge >= 0.3 is 0 Å². The molecule has 0 atom stereocenters. The van der Waals surface area contributed by atoms with Crippen molar-refractivity contribution in [1.29, 1.82) is 0 Å². The van der Waals surface area contributed by atoms with Crippen molar-refractivity contribution < 1.29 is 14.9 Å². The lowest BCUT2D eigenvalue weighted by Gasteiger charge is -2.25. The van der Waals surface area contributed by atoms with E-state index in [1.807, 2.05) is 25.1 Å². The first-order chi connectivity index (χ1) is 7.54. The molecule has 0 radical (unpaired) electrons. The molecule has 1 aromatic carbocycles. The fraction of sp³-hybridized carbons (Fsp3) is 0.500. The largest absolute Gasteiger partial charge is 0.496 e. The lowest BCUT2D eigenvalue weighted by atomic mass is 9.85. The molecular weight excluding hydrogens is 272 g/mol. The molecule has 0 amide bonds. The Morgan fingerprint density at radius 3 is 2.44 bits per heavy atom. The van der Waals surface area contributed by atoms with Crippen molar-refractivity contribution in [2.45, 2.75) is 13.3 Å². The smallest absolute Gasteiger partial charge is 0.122 e. The second-order valence-corrected chi connectivity index (χ2v) is 5.18. The van der Waals surface area contributed by atoms with Crippen molar-refractivity contribution >= 4 is 15.9 Å². The van der Waals surface area contributed by atoms with E-state index in [0.29, 0.717) is 6.42 Å². The summed E-state index contributed by atoms with van der Waals surface area (Å²) in [5.41, 5.74) is 0.455. The van der Waals surface area contributed by atoms with Crippen LogP contribution in [0.25, 0.3) is 0 Å². The first-order valence-corrected chi connectivity index (χ1v) is 5.88. The van der Waals surface area contributed by atoms with Crippen molar-refractivity contribution in [2.24, 2.45) is 5.41 Å². The number of ether oxygens (including phenoxy) is 1. The second-order valence-electron chi connectivity index (χ2n) is 4.26. The molecule has 16 heavy (non-hydrogen) atoms. The van der Waals surface area contributed by atoms with Gasteiger partial charge in [0.05, 0.1) is 20.3 Å². The van der Waals surface area contributed by atoms with Gasteiger partial charge in [0.25, 0.3) is 0 Å². The van der Waals surface area contributed by atoms with Crippen LogP contribution in [0, 0.1) is 5.41 Å². The van der Waals surface area contributed by atoms with Gasteiger partial charge in [-0.2, -0.15) is 0 Å². The maximum absolute atomic E-state index is 9.27. The third-order valence-electron chi connectivity index (χ3n) is 2.62. The summed E-state index contributed by atoms with van der Waals surface area (Å²) in [4.78, 5) is 0. The molecule has 0 saturated carbocycles. The Balaban J connectivity index is 2.98. The number of aliphatic hydroxyl groups excluding tert-OH is 2. The summed E-state index contributed by atoms with van der Waals surface area (Å²) in [7, 11) is 1.61. The third-order valence-corrected chi connectivity index (χ3v) is 3.12.